The number of benzene rings is 1. The second kappa shape index (κ2) is 4.43. The minimum absolute atomic E-state index is 0.0193. The van der Waals surface area contributed by atoms with E-state index in [-0.39, 0.29) is 12.1 Å². The Balaban J connectivity index is 2.86. The fraction of sp³-hybridized carbons (Fsp3) is 0.182. The third-order valence-corrected chi connectivity index (χ3v) is 1.72. The van der Waals surface area contributed by atoms with Crippen molar-refractivity contribution in [2.45, 2.75) is 6.92 Å². The van der Waals surface area contributed by atoms with Gasteiger partial charge >= 0.3 is 0 Å². The molecule has 1 aromatic carbocycles. The van der Waals surface area contributed by atoms with Crippen LogP contribution in [-0.2, 0) is 0 Å². The average Bonchev–Trinajstić information content (AvgIpc) is 2.14. The highest BCUT2D eigenvalue weighted by molar-refractivity contribution is 5.94. The first-order chi connectivity index (χ1) is 6.65. The number of amides is 1. The Morgan fingerprint density at radius 3 is 2.93 bits per heavy atom. The van der Waals surface area contributed by atoms with Gasteiger partial charge in [0.05, 0.1) is 12.1 Å². The van der Waals surface area contributed by atoms with E-state index in [9.17, 15) is 9.18 Å². The fourth-order valence-electron chi connectivity index (χ4n) is 1.03. The van der Waals surface area contributed by atoms with E-state index in [4.69, 9.17) is 6.42 Å². The molecular weight excluding hydrogens is 181 g/mol. The average molecular weight is 191 g/mol. The molecule has 0 unspecified atom stereocenters. The number of nitrogens with one attached hydrogen (secondary N) is 1. The van der Waals surface area contributed by atoms with Crippen molar-refractivity contribution in [3.8, 4) is 12.3 Å². The Morgan fingerprint density at radius 2 is 2.36 bits per heavy atom. The van der Waals surface area contributed by atoms with E-state index in [1.54, 1.807) is 13.0 Å². The Kier molecular flexibility index (Phi) is 3.24. The fourth-order valence-corrected chi connectivity index (χ4v) is 1.03. The van der Waals surface area contributed by atoms with E-state index in [2.05, 4.69) is 11.2 Å². The summed E-state index contributed by atoms with van der Waals surface area (Å²) in [6, 6.07) is 4.43. The van der Waals surface area contributed by atoms with Crippen molar-refractivity contribution in [2.75, 3.05) is 6.54 Å². The quantitative estimate of drug-likeness (QED) is 0.705. The molecule has 1 N–H and O–H groups in total. The van der Waals surface area contributed by atoms with Crippen LogP contribution in [0.15, 0.2) is 18.2 Å². The zero-order valence-electron chi connectivity index (χ0n) is 7.80. The maximum Gasteiger partial charge on any atom is 0.255 e. The predicted molar refractivity (Wildman–Crippen MR) is 52.3 cm³/mol. The van der Waals surface area contributed by atoms with Crippen molar-refractivity contribution < 1.29 is 9.18 Å². The van der Waals surface area contributed by atoms with Crippen LogP contribution in [0.25, 0.3) is 0 Å². The number of hydrogen-bond donors (Lipinski definition) is 1. The van der Waals surface area contributed by atoms with E-state index in [1.807, 2.05) is 0 Å². The van der Waals surface area contributed by atoms with Crippen LogP contribution >= 0.6 is 0 Å². The summed E-state index contributed by atoms with van der Waals surface area (Å²) in [7, 11) is 0. The van der Waals surface area contributed by atoms with Gasteiger partial charge in [0.25, 0.3) is 5.91 Å². The third kappa shape index (κ3) is 2.33. The van der Waals surface area contributed by atoms with Gasteiger partial charge < -0.3 is 5.32 Å². The number of aryl methyl sites for hydroxylation is 1. The van der Waals surface area contributed by atoms with Crippen LogP contribution in [0, 0.1) is 25.1 Å². The molecule has 3 heteroatoms. The normalized spacial score (nSPS) is 9.21. The van der Waals surface area contributed by atoms with E-state index in [0.29, 0.717) is 0 Å². The molecule has 14 heavy (non-hydrogen) atoms. The number of halogens is 1. The first-order valence-corrected chi connectivity index (χ1v) is 4.13. The van der Waals surface area contributed by atoms with Crippen LogP contribution in [0.3, 0.4) is 0 Å². The highest BCUT2D eigenvalue weighted by Gasteiger charge is 2.09. The molecule has 72 valence electrons. The smallest absolute Gasteiger partial charge is 0.255 e. The molecule has 0 fully saturated rings. The number of hydrogen-bond acceptors (Lipinski definition) is 1. The highest BCUT2D eigenvalue weighted by Crippen LogP contribution is 2.09. The Morgan fingerprint density at radius 1 is 1.64 bits per heavy atom. The second-order valence-electron chi connectivity index (χ2n) is 2.87. The van der Waals surface area contributed by atoms with Crippen LogP contribution in [-0.4, -0.2) is 12.5 Å². The van der Waals surface area contributed by atoms with Crippen molar-refractivity contribution in [3.05, 3.63) is 35.1 Å². The Hall–Kier alpha value is -1.82. The molecule has 0 aliphatic rings. The molecule has 0 bridgehead atoms. The van der Waals surface area contributed by atoms with Gasteiger partial charge in [-0.05, 0) is 24.6 Å². The van der Waals surface area contributed by atoms with Crippen molar-refractivity contribution in [1.29, 1.82) is 0 Å². The van der Waals surface area contributed by atoms with Crippen molar-refractivity contribution in [1.82, 2.24) is 5.32 Å². The summed E-state index contributed by atoms with van der Waals surface area (Å²) in [4.78, 5) is 11.3. The van der Waals surface area contributed by atoms with Gasteiger partial charge in [0, 0.05) is 0 Å². The zero-order valence-corrected chi connectivity index (χ0v) is 7.80. The lowest BCUT2D eigenvalue weighted by Gasteiger charge is -2.03. The monoisotopic (exact) mass is 191 g/mol. The van der Waals surface area contributed by atoms with Crippen molar-refractivity contribution in [2.24, 2.45) is 0 Å². The topological polar surface area (TPSA) is 29.1 Å². The largest absolute Gasteiger partial charge is 0.341 e. The molecular formula is C11H10FNO. The molecule has 0 radical (unpaired) electrons. The van der Waals surface area contributed by atoms with Gasteiger partial charge in [-0.15, -0.1) is 6.42 Å². The second-order valence-corrected chi connectivity index (χ2v) is 2.87. The van der Waals surface area contributed by atoms with Gasteiger partial charge in [0.15, 0.2) is 0 Å². The van der Waals surface area contributed by atoms with Crippen LogP contribution in [0.2, 0.25) is 0 Å². The molecule has 2 nitrogen and oxygen atoms in total. The molecule has 1 amide bonds. The lowest BCUT2D eigenvalue weighted by Crippen LogP contribution is -2.24. The molecule has 0 saturated heterocycles. The summed E-state index contributed by atoms with van der Waals surface area (Å²) >= 11 is 0. The van der Waals surface area contributed by atoms with Gasteiger partial charge in [-0.3, -0.25) is 4.79 Å². The number of rotatable bonds is 2. The van der Waals surface area contributed by atoms with E-state index >= 15 is 0 Å². The molecule has 0 saturated carbocycles. The van der Waals surface area contributed by atoms with E-state index in [1.165, 1.54) is 12.1 Å². The van der Waals surface area contributed by atoms with Crippen LogP contribution in [0.5, 0.6) is 0 Å². The molecule has 0 heterocycles. The predicted octanol–water partition coefficient (Wildman–Crippen LogP) is 1.50. The SMILES string of the molecule is C#CCNC(=O)c1ccc(C)cc1F. The van der Waals surface area contributed by atoms with Crippen molar-refractivity contribution in [3.63, 3.8) is 0 Å². The Bertz CT molecular complexity index is 393. The molecule has 0 spiro atoms. The summed E-state index contributed by atoms with van der Waals surface area (Å²) in [5.74, 6) is 1.23. The molecule has 1 aromatic rings. The summed E-state index contributed by atoms with van der Waals surface area (Å²) in [6.45, 7) is 1.86. The van der Waals surface area contributed by atoms with Gasteiger partial charge in [-0.25, -0.2) is 4.39 Å². The standard InChI is InChI=1S/C11H10FNO/c1-3-6-13-11(14)9-5-4-8(2)7-10(9)12/h1,4-5,7H,6H2,2H3,(H,13,14). The lowest BCUT2D eigenvalue weighted by molar-refractivity contribution is 0.0954. The maximum atomic E-state index is 13.2. The first-order valence-electron chi connectivity index (χ1n) is 4.13. The first kappa shape index (κ1) is 10.3. The minimum Gasteiger partial charge on any atom is -0.341 e. The third-order valence-electron chi connectivity index (χ3n) is 1.72. The molecule has 0 aliphatic carbocycles. The number of carbonyl (C=O) groups excluding carboxylic acids is 1. The van der Waals surface area contributed by atoms with Crippen molar-refractivity contribution >= 4 is 5.91 Å². The molecule has 0 aliphatic heterocycles. The molecule has 1 rings (SSSR count). The van der Waals surface area contributed by atoms with Gasteiger partial charge in [-0.2, -0.15) is 0 Å². The van der Waals surface area contributed by atoms with Crippen LogP contribution in [0.4, 0.5) is 4.39 Å². The number of carbonyl (C=O) groups is 1. The van der Waals surface area contributed by atoms with E-state index < -0.39 is 11.7 Å². The lowest BCUT2D eigenvalue weighted by atomic mass is 10.1. The van der Waals surface area contributed by atoms with Crippen LogP contribution < -0.4 is 5.32 Å². The Labute approximate surface area is 82.1 Å². The summed E-state index contributed by atoms with van der Waals surface area (Å²) in [5, 5.41) is 2.39. The van der Waals surface area contributed by atoms with Gasteiger partial charge in [0.1, 0.15) is 5.82 Å². The van der Waals surface area contributed by atoms with Crippen LogP contribution in [0.1, 0.15) is 15.9 Å². The molecule has 0 aromatic heterocycles. The molecule has 0 atom stereocenters. The van der Waals surface area contributed by atoms with Gasteiger partial charge in [-0.1, -0.05) is 12.0 Å². The summed E-state index contributed by atoms with van der Waals surface area (Å²) in [5.41, 5.74) is 0.793. The summed E-state index contributed by atoms with van der Waals surface area (Å²) < 4.78 is 13.2. The number of terminal acetylenes is 1. The maximum absolute atomic E-state index is 13.2. The zero-order chi connectivity index (χ0) is 10.6. The van der Waals surface area contributed by atoms with E-state index in [0.717, 1.165) is 5.56 Å². The highest BCUT2D eigenvalue weighted by atomic mass is 19.1. The minimum atomic E-state index is -0.528. The summed E-state index contributed by atoms with van der Waals surface area (Å²) in [6.07, 6.45) is 4.96. The van der Waals surface area contributed by atoms with Gasteiger partial charge in [0.2, 0.25) is 0 Å².